The fourth-order valence-electron chi connectivity index (χ4n) is 3.27. The summed E-state index contributed by atoms with van der Waals surface area (Å²) in [6.07, 6.45) is 0. The van der Waals surface area contributed by atoms with Crippen molar-refractivity contribution in [1.29, 1.82) is 0 Å². The fourth-order valence-corrected chi connectivity index (χ4v) is 5.10. The zero-order valence-electron chi connectivity index (χ0n) is 11.8. The Balaban J connectivity index is 1.57. The van der Waals surface area contributed by atoms with Gasteiger partial charge in [0.05, 0.1) is 10.6 Å². The van der Waals surface area contributed by atoms with E-state index in [1.54, 1.807) is 11.3 Å². The van der Waals surface area contributed by atoms with Gasteiger partial charge in [-0.05, 0) is 30.2 Å². The monoisotopic (exact) mass is 319 g/mol. The van der Waals surface area contributed by atoms with Crippen LogP contribution in [-0.4, -0.2) is 42.0 Å². The summed E-state index contributed by atoms with van der Waals surface area (Å²) in [5.41, 5.74) is 0.864. The van der Waals surface area contributed by atoms with Crippen LogP contribution in [0.4, 0.5) is 0 Å². The summed E-state index contributed by atoms with van der Waals surface area (Å²) >= 11 is 3.20. The quantitative estimate of drug-likeness (QED) is 0.925. The number of hydrogen-bond donors (Lipinski definition) is 1. The first-order valence-electron chi connectivity index (χ1n) is 7.23. The van der Waals surface area contributed by atoms with Crippen molar-refractivity contribution in [1.82, 2.24) is 15.2 Å². The molecule has 6 heteroatoms. The summed E-state index contributed by atoms with van der Waals surface area (Å²) < 4.78 is 0. The van der Waals surface area contributed by atoms with Crippen LogP contribution in [0, 0.1) is 18.8 Å². The molecule has 0 bridgehead atoms. The normalized spacial score (nSPS) is 24.5. The SMILES string of the molecule is Cc1nc(-c2cccs2)sc1C(=O)N1C[C@H]2CNC[C@H]2C1. The number of thiophene rings is 1. The Bertz CT molecular complexity index is 653. The molecule has 0 radical (unpaired) electrons. The maximum atomic E-state index is 12.8. The van der Waals surface area contributed by atoms with E-state index in [0.29, 0.717) is 11.8 Å². The van der Waals surface area contributed by atoms with Gasteiger partial charge in [-0.1, -0.05) is 6.07 Å². The van der Waals surface area contributed by atoms with Crippen LogP contribution in [0.1, 0.15) is 15.4 Å². The van der Waals surface area contributed by atoms with Gasteiger partial charge in [0.2, 0.25) is 0 Å². The van der Waals surface area contributed by atoms with Crippen LogP contribution in [0.5, 0.6) is 0 Å². The number of rotatable bonds is 2. The highest BCUT2D eigenvalue weighted by Gasteiger charge is 2.39. The number of nitrogens with zero attached hydrogens (tertiary/aromatic N) is 2. The van der Waals surface area contributed by atoms with Crippen molar-refractivity contribution in [3.8, 4) is 9.88 Å². The molecule has 21 heavy (non-hydrogen) atoms. The summed E-state index contributed by atoms with van der Waals surface area (Å²) in [5.74, 6) is 1.44. The molecule has 0 unspecified atom stereocenters. The van der Waals surface area contributed by atoms with E-state index in [9.17, 15) is 4.79 Å². The summed E-state index contributed by atoms with van der Waals surface area (Å²) in [7, 11) is 0. The molecule has 0 saturated carbocycles. The van der Waals surface area contributed by atoms with Crippen LogP contribution in [0.25, 0.3) is 9.88 Å². The lowest BCUT2D eigenvalue weighted by molar-refractivity contribution is 0.0785. The zero-order chi connectivity index (χ0) is 14.4. The second kappa shape index (κ2) is 5.19. The first kappa shape index (κ1) is 13.4. The van der Waals surface area contributed by atoms with E-state index < -0.39 is 0 Å². The topological polar surface area (TPSA) is 45.2 Å². The first-order chi connectivity index (χ1) is 10.2. The van der Waals surface area contributed by atoms with Crippen LogP contribution in [0.3, 0.4) is 0 Å². The third kappa shape index (κ3) is 2.31. The third-order valence-electron chi connectivity index (χ3n) is 4.40. The van der Waals surface area contributed by atoms with Crippen LogP contribution >= 0.6 is 22.7 Å². The smallest absolute Gasteiger partial charge is 0.265 e. The minimum atomic E-state index is 0.169. The predicted molar refractivity (Wildman–Crippen MR) is 85.9 cm³/mol. The highest BCUT2D eigenvalue weighted by molar-refractivity contribution is 7.22. The number of aryl methyl sites for hydroxylation is 1. The minimum absolute atomic E-state index is 0.169. The van der Waals surface area contributed by atoms with Crippen LogP contribution < -0.4 is 5.32 Å². The average Bonchev–Trinajstić information content (AvgIpc) is 3.21. The molecule has 4 heterocycles. The highest BCUT2D eigenvalue weighted by atomic mass is 32.1. The number of hydrogen-bond acceptors (Lipinski definition) is 5. The van der Waals surface area contributed by atoms with Crippen molar-refractivity contribution in [2.24, 2.45) is 11.8 Å². The zero-order valence-corrected chi connectivity index (χ0v) is 13.5. The maximum Gasteiger partial charge on any atom is 0.265 e. The van der Waals surface area contributed by atoms with E-state index in [0.717, 1.165) is 46.6 Å². The summed E-state index contributed by atoms with van der Waals surface area (Å²) in [6, 6.07) is 4.08. The van der Waals surface area contributed by atoms with E-state index in [2.05, 4.69) is 16.4 Å². The lowest BCUT2D eigenvalue weighted by Gasteiger charge is -2.16. The average molecular weight is 319 g/mol. The van der Waals surface area contributed by atoms with Gasteiger partial charge in [-0.3, -0.25) is 4.79 Å². The minimum Gasteiger partial charge on any atom is -0.337 e. The number of fused-ring (bicyclic) bond motifs is 1. The van der Waals surface area contributed by atoms with E-state index >= 15 is 0 Å². The second-order valence-corrected chi connectivity index (χ2v) is 7.75. The van der Waals surface area contributed by atoms with Gasteiger partial charge in [-0.25, -0.2) is 4.98 Å². The Hall–Kier alpha value is -1.24. The van der Waals surface area contributed by atoms with Gasteiger partial charge < -0.3 is 10.2 Å². The van der Waals surface area contributed by atoms with Gasteiger partial charge in [-0.2, -0.15) is 0 Å². The molecule has 4 nitrogen and oxygen atoms in total. The molecule has 2 aliphatic rings. The number of carbonyl (C=O) groups is 1. The molecule has 0 aromatic carbocycles. The van der Waals surface area contributed by atoms with Gasteiger partial charge >= 0.3 is 0 Å². The number of nitrogens with one attached hydrogen (secondary N) is 1. The van der Waals surface area contributed by atoms with Crippen LogP contribution in [-0.2, 0) is 0 Å². The summed E-state index contributed by atoms with van der Waals surface area (Å²) in [4.78, 5) is 21.3. The molecular formula is C15H17N3OS2. The molecule has 4 rings (SSSR count). The van der Waals surface area contributed by atoms with E-state index in [1.165, 1.54) is 11.3 Å². The fraction of sp³-hybridized carbons (Fsp3) is 0.467. The van der Waals surface area contributed by atoms with Crippen LogP contribution in [0.15, 0.2) is 17.5 Å². The molecule has 2 aromatic rings. The Morgan fingerprint density at radius 1 is 1.38 bits per heavy atom. The summed E-state index contributed by atoms with van der Waals surface area (Å²) in [5, 5.41) is 6.42. The molecule has 2 aliphatic heterocycles. The standard InChI is InChI=1S/C15H17N3OS2/c1-9-13(21-14(17-9)12-3-2-4-20-12)15(19)18-7-10-5-16-6-11(10)8-18/h2-4,10-11,16H,5-8H2,1H3/t10-,11+. The Kier molecular flexibility index (Phi) is 3.32. The Labute approximate surface area is 131 Å². The first-order valence-corrected chi connectivity index (χ1v) is 8.93. The van der Waals surface area contributed by atoms with E-state index in [4.69, 9.17) is 0 Å². The molecule has 2 aromatic heterocycles. The van der Waals surface area contributed by atoms with Crippen molar-refractivity contribution in [3.05, 3.63) is 28.1 Å². The van der Waals surface area contributed by atoms with Gasteiger partial charge in [-0.15, -0.1) is 22.7 Å². The van der Waals surface area contributed by atoms with Crippen molar-refractivity contribution < 1.29 is 4.79 Å². The number of likely N-dealkylation sites (tertiary alicyclic amines) is 1. The molecule has 110 valence electrons. The van der Waals surface area contributed by atoms with Crippen molar-refractivity contribution in [3.63, 3.8) is 0 Å². The molecule has 2 saturated heterocycles. The molecule has 0 aliphatic carbocycles. The largest absolute Gasteiger partial charge is 0.337 e. The van der Waals surface area contributed by atoms with Gasteiger partial charge in [0.25, 0.3) is 5.91 Å². The number of thiazole rings is 1. The summed E-state index contributed by atoms with van der Waals surface area (Å²) in [6.45, 7) is 5.83. The Morgan fingerprint density at radius 3 is 2.81 bits per heavy atom. The highest BCUT2D eigenvalue weighted by Crippen LogP contribution is 2.33. The van der Waals surface area contributed by atoms with Gasteiger partial charge in [0.1, 0.15) is 9.88 Å². The third-order valence-corrected chi connectivity index (χ3v) is 6.58. The molecule has 2 fully saturated rings. The number of aromatic nitrogens is 1. The predicted octanol–water partition coefficient (Wildman–Crippen LogP) is 2.47. The second-order valence-electron chi connectivity index (χ2n) is 5.80. The lowest BCUT2D eigenvalue weighted by atomic mass is 10.0. The van der Waals surface area contributed by atoms with Gasteiger partial charge in [0, 0.05) is 26.2 Å². The van der Waals surface area contributed by atoms with Crippen molar-refractivity contribution >= 4 is 28.6 Å². The van der Waals surface area contributed by atoms with Crippen LogP contribution in [0.2, 0.25) is 0 Å². The molecule has 2 atom stereocenters. The van der Waals surface area contributed by atoms with Crippen molar-refractivity contribution in [2.75, 3.05) is 26.2 Å². The van der Waals surface area contributed by atoms with E-state index in [-0.39, 0.29) is 5.91 Å². The lowest BCUT2D eigenvalue weighted by Crippen LogP contribution is -2.31. The molecule has 1 amide bonds. The maximum absolute atomic E-state index is 12.8. The number of amides is 1. The molecule has 1 N–H and O–H groups in total. The van der Waals surface area contributed by atoms with Gasteiger partial charge in [0.15, 0.2) is 0 Å². The Morgan fingerprint density at radius 2 is 2.14 bits per heavy atom. The van der Waals surface area contributed by atoms with E-state index in [1.807, 2.05) is 23.3 Å². The number of carbonyl (C=O) groups excluding carboxylic acids is 1. The molecular weight excluding hydrogens is 302 g/mol. The van der Waals surface area contributed by atoms with Crippen molar-refractivity contribution in [2.45, 2.75) is 6.92 Å². The molecule has 0 spiro atoms.